The molecule has 0 atom stereocenters. The van der Waals surface area contributed by atoms with Gasteiger partial charge < -0.3 is 14.8 Å². The third-order valence-corrected chi connectivity index (χ3v) is 2.06. The largest absolute Gasteiger partial charge is 0.379 e. The smallest absolute Gasteiger partial charge is 0.222 e. The number of nitrogens with zero attached hydrogens (tertiary/aromatic N) is 3. The average Bonchev–Trinajstić information content (AvgIpc) is 2.33. The molecule has 0 heterocycles. The van der Waals surface area contributed by atoms with Crippen LogP contribution in [-0.4, -0.2) is 45.4 Å². The predicted molar refractivity (Wildman–Crippen MR) is 72.7 cm³/mol. The molecule has 7 nitrogen and oxygen atoms in total. The predicted octanol–water partition coefficient (Wildman–Crippen LogP) is 1.88. The molecular formula is C12H24N4O3. The molecule has 0 aliphatic carbocycles. The molecule has 0 spiro atoms. The first-order chi connectivity index (χ1) is 8.95. The van der Waals surface area contributed by atoms with Gasteiger partial charge in [-0.2, -0.15) is 0 Å². The third kappa shape index (κ3) is 14.6. The summed E-state index contributed by atoms with van der Waals surface area (Å²) in [5.74, 6) is -0.000740. The molecule has 0 aromatic heterocycles. The fourth-order valence-electron chi connectivity index (χ4n) is 1.09. The summed E-state index contributed by atoms with van der Waals surface area (Å²) >= 11 is 0. The Kier molecular flexibility index (Phi) is 9.88. The van der Waals surface area contributed by atoms with Crippen LogP contribution in [0.3, 0.4) is 0 Å². The average molecular weight is 272 g/mol. The van der Waals surface area contributed by atoms with Crippen molar-refractivity contribution in [1.82, 2.24) is 5.32 Å². The summed E-state index contributed by atoms with van der Waals surface area (Å²) in [5, 5.41) is 6.18. The lowest BCUT2D eigenvalue weighted by Crippen LogP contribution is -2.32. The van der Waals surface area contributed by atoms with Crippen LogP contribution in [0.15, 0.2) is 5.11 Å². The second-order valence-electron chi connectivity index (χ2n) is 5.27. The lowest BCUT2D eigenvalue weighted by molar-refractivity contribution is -0.122. The Morgan fingerprint density at radius 2 is 1.84 bits per heavy atom. The van der Waals surface area contributed by atoms with Crippen LogP contribution >= 0.6 is 0 Å². The topological polar surface area (TPSA) is 96.3 Å². The molecule has 1 amide bonds. The molecular weight excluding hydrogens is 248 g/mol. The summed E-state index contributed by atoms with van der Waals surface area (Å²) in [4.78, 5) is 14.0. The van der Waals surface area contributed by atoms with Crippen molar-refractivity contribution < 1.29 is 14.3 Å². The van der Waals surface area contributed by atoms with E-state index in [0.29, 0.717) is 45.9 Å². The number of carbonyl (C=O) groups excluding carboxylic acids is 1. The highest BCUT2D eigenvalue weighted by Gasteiger charge is 2.11. The van der Waals surface area contributed by atoms with Crippen molar-refractivity contribution in [1.29, 1.82) is 0 Å². The Bertz CT molecular complexity index is 296. The Morgan fingerprint density at radius 3 is 2.42 bits per heavy atom. The van der Waals surface area contributed by atoms with Gasteiger partial charge in [-0.25, -0.2) is 0 Å². The molecule has 110 valence electrons. The van der Waals surface area contributed by atoms with E-state index in [9.17, 15) is 4.79 Å². The zero-order valence-corrected chi connectivity index (χ0v) is 12.0. The number of nitrogens with one attached hydrogen (secondary N) is 1. The van der Waals surface area contributed by atoms with Crippen molar-refractivity contribution in [2.75, 3.05) is 39.5 Å². The van der Waals surface area contributed by atoms with Gasteiger partial charge in [-0.15, -0.1) is 0 Å². The first kappa shape index (κ1) is 17.7. The Labute approximate surface area is 114 Å². The first-order valence-corrected chi connectivity index (χ1v) is 6.39. The molecule has 0 fully saturated rings. The maximum absolute atomic E-state index is 11.4. The molecule has 0 radical (unpaired) electrons. The van der Waals surface area contributed by atoms with Gasteiger partial charge in [-0.1, -0.05) is 25.9 Å². The second kappa shape index (κ2) is 10.6. The zero-order chi connectivity index (χ0) is 14.6. The molecule has 0 aliphatic heterocycles. The molecule has 1 N–H and O–H groups in total. The van der Waals surface area contributed by atoms with E-state index in [1.165, 1.54) is 0 Å². The molecule has 0 saturated carbocycles. The number of rotatable bonds is 10. The SMILES string of the molecule is CC(C)(C)CNC(=O)CCOCCOCCN=[N+]=[N-]. The van der Waals surface area contributed by atoms with E-state index in [1.54, 1.807) is 0 Å². The van der Waals surface area contributed by atoms with E-state index in [-0.39, 0.29) is 11.3 Å². The Hall–Kier alpha value is -1.30. The van der Waals surface area contributed by atoms with Crippen molar-refractivity contribution in [2.45, 2.75) is 27.2 Å². The van der Waals surface area contributed by atoms with Gasteiger partial charge in [-0.05, 0) is 10.9 Å². The van der Waals surface area contributed by atoms with Crippen molar-refractivity contribution >= 4 is 5.91 Å². The molecule has 0 aliphatic rings. The van der Waals surface area contributed by atoms with Crippen LogP contribution in [0.4, 0.5) is 0 Å². The molecule has 0 aromatic rings. The normalized spacial score (nSPS) is 10.9. The molecule has 0 unspecified atom stereocenters. The van der Waals surface area contributed by atoms with Gasteiger partial charge in [0.2, 0.25) is 5.91 Å². The molecule has 0 aromatic carbocycles. The standard InChI is InChI=1S/C12H24N4O3/c1-12(2,3)10-14-11(17)4-6-18-8-9-19-7-5-15-16-13/h4-10H2,1-3H3,(H,14,17). The van der Waals surface area contributed by atoms with Gasteiger partial charge >= 0.3 is 0 Å². The van der Waals surface area contributed by atoms with Crippen LogP contribution < -0.4 is 5.32 Å². The number of amides is 1. The highest BCUT2D eigenvalue weighted by atomic mass is 16.5. The maximum Gasteiger partial charge on any atom is 0.222 e. The first-order valence-electron chi connectivity index (χ1n) is 6.39. The number of hydrogen-bond acceptors (Lipinski definition) is 4. The number of hydrogen-bond donors (Lipinski definition) is 1. The van der Waals surface area contributed by atoms with Crippen molar-refractivity contribution in [3.05, 3.63) is 10.4 Å². The van der Waals surface area contributed by atoms with Crippen molar-refractivity contribution in [3.63, 3.8) is 0 Å². The molecule has 0 saturated heterocycles. The van der Waals surface area contributed by atoms with E-state index >= 15 is 0 Å². The van der Waals surface area contributed by atoms with E-state index in [0.717, 1.165) is 0 Å². The van der Waals surface area contributed by atoms with E-state index < -0.39 is 0 Å². The summed E-state index contributed by atoms with van der Waals surface area (Å²) in [7, 11) is 0. The van der Waals surface area contributed by atoms with Gasteiger partial charge in [0.1, 0.15) is 0 Å². The lowest BCUT2D eigenvalue weighted by Gasteiger charge is -2.18. The van der Waals surface area contributed by atoms with Crippen LogP contribution in [0, 0.1) is 5.41 Å². The summed E-state index contributed by atoms with van der Waals surface area (Å²) in [6, 6.07) is 0. The highest BCUT2D eigenvalue weighted by Crippen LogP contribution is 2.10. The summed E-state index contributed by atoms with van der Waals surface area (Å²) in [5.41, 5.74) is 8.12. The van der Waals surface area contributed by atoms with Gasteiger partial charge in [0.05, 0.1) is 26.4 Å². The summed E-state index contributed by atoms with van der Waals surface area (Å²) in [6.45, 7) is 8.83. The van der Waals surface area contributed by atoms with E-state index in [4.69, 9.17) is 15.0 Å². The van der Waals surface area contributed by atoms with Gasteiger partial charge in [0.25, 0.3) is 0 Å². The molecule has 7 heteroatoms. The Balaban J connectivity index is 3.30. The van der Waals surface area contributed by atoms with E-state index in [2.05, 4.69) is 36.1 Å². The van der Waals surface area contributed by atoms with Crippen LogP contribution in [0.1, 0.15) is 27.2 Å². The second-order valence-corrected chi connectivity index (χ2v) is 5.27. The minimum atomic E-state index is -0.000740. The molecule has 0 bridgehead atoms. The highest BCUT2D eigenvalue weighted by molar-refractivity contribution is 5.75. The van der Waals surface area contributed by atoms with Gasteiger partial charge in [0, 0.05) is 24.4 Å². The van der Waals surface area contributed by atoms with Gasteiger partial charge in [0.15, 0.2) is 0 Å². The molecule has 19 heavy (non-hydrogen) atoms. The minimum absolute atomic E-state index is 0.000740. The minimum Gasteiger partial charge on any atom is -0.379 e. The number of carbonyl (C=O) groups is 1. The van der Waals surface area contributed by atoms with Crippen LogP contribution in [-0.2, 0) is 14.3 Å². The quantitative estimate of drug-likeness (QED) is 0.284. The maximum atomic E-state index is 11.4. The van der Waals surface area contributed by atoms with Gasteiger partial charge in [-0.3, -0.25) is 4.79 Å². The van der Waals surface area contributed by atoms with Crippen LogP contribution in [0.25, 0.3) is 10.4 Å². The summed E-state index contributed by atoms with van der Waals surface area (Å²) in [6.07, 6.45) is 0.356. The number of azide groups is 1. The third-order valence-electron chi connectivity index (χ3n) is 2.06. The molecule has 0 rings (SSSR count). The fraction of sp³-hybridized carbons (Fsp3) is 0.917. The van der Waals surface area contributed by atoms with Crippen molar-refractivity contribution in [3.8, 4) is 0 Å². The zero-order valence-electron chi connectivity index (χ0n) is 12.0. The fourth-order valence-corrected chi connectivity index (χ4v) is 1.09. The van der Waals surface area contributed by atoms with E-state index in [1.807, 2.05) is 0 Å². The number of ether oxygens (including phenoxy) is 2. The van der Waals surface area contributed by atoms with Crippen LogP contribution in [0.5, 0.6) is 0 Å². The lowest BCUT2D eigenvalue weighted by atomic mass is 9.97. The van der Waals surface area contributed by atoms with Crippen LogP contribution in [0.2, 0.25) is 0 Å². The monoisotopic (exact) mass is 272 g/mol. The van der Waals surface area contributed by atoms with Crippen molar-refractivity contribution in [2.24, 2.45) is 10.5 Å². The summed E-state index contributed by atoms with van der Waals surface area (Å²) < 4.78 is 10.4. The Morgan fingerprint density at radius 1 is 1.21 bits per heavy atom.